The van der Waals surface area contributed by atoms with Crippen LogP contribution in [0, 0.1) is 0 Å². The minimum atomic E-state index is 0.0278. The van der Waals surface area contributed by atoms with Gasteiger partial charge < -0.3 is 0 Å². The molecule has 0 fully saturated rings. The summed E-state index contributed by atoms with van der Waals surface area (Å²) in [5, 5.41) is 2.21. The number of thioether (sulfide) groups is 1. The third-order valence-electron chi connectivity index (χ3n) is 3.98. The van der Waals surface area contributed by atoms with Crippen molar-refractivity contribution in [2.24, 2.45) is 0 Å². The van der Waals surface area contributed by atoms with Gasteiger partial charge in [0.05, 0.1) is 10.7 Å². The average Bonchev–Trinajstić information content (AvgIpc) is 2.94. The molecule has 0 N–H and O–H groups in total. The zero-order chi connectivity index (χ0) is 23.3. The molecule has 3 nitrogen and oxygen atoms in total. The lowest BCUT2D eigenvalue weighted by atomic mass is 10.1. The molecular formula is C24H36Cl2N2OS. The SMILES string of the molecule is C=C/C=C(\C=C/C)Cc1c(SC/C=C(Cl)\C=C(/C)Cl)n(C(C)C)c(=O)n1CC.CC. The standard InChI is InChI=1S/C22H30Cl2N2OS.C2H6/c1-7-10-18(11-8-2)15-20-21(28-13-12-19(24)14-17(6)23)26(16(4)5)22(27)25(20)9-3;1-2/h7-8,10-12,14,16H,1,9,13,15H2,2-6H3;1-2H3/b11-8-,17-14+,18-10+,19-12+;. The maximum Gasteiger partial charge on any atom is 0.329 e. The number of halogens is 2. The third-order valence-corrected chi connectivity index (χ3v) is 5.39. The molecule has 0 spiro atoms. The van der Waals surface area contributed by atoms with E-state index in [2.05, 4.69) is 12.7 Å². The summed E-state index contributed by atoms with van der Waals surface area (Å²) in [6, 6.07) is 0.0690. The Balaban J connectivity index is 0.00000407. The molecule has 0 saturated heterocycles. The highest BCUT2D eigenvalue weighted by atomic mass is 35.5. The van der Waals surface area contributed by atoms with Gasteiger partial charge in [0.15, 0.2) is 0 Å². The first-order valence-corrected chi connectivity index (χ1v) is 12.1. The fraction of sp³-hybridized carbons (Fsp3) is 0.458. The van der Waals surface area contributed by atoms with Gasteiger partial charge in [-0.15, -0.1) is 11.8 Å². The summed E-state index contributed by atoms with van der Waals surface area (Å²) in [5.41, 5.74) is 2.16. The first-order chi connectivity index (χ1) is 14.3. The minimum Gasteiger partial charge on any atom is -0.295 e. The van der Waals surface area contributed by atoms with Crippen LogP contribution in [0.4, 0.5) is 0 Å². The van der Waals surface area contributed by atoms with Gasteiger partial charge in [-0.3, -0.25) is 9.13 Å². The molecule has 0 bridgehead atoms. The molecule has 168 valence electrons. The van der Waals surface area contributed by atoms with Gasteiger partial charge >= 0.3 is 5.69 Å². The molecule has 6 heteroatoms. The summed E-state index contributed by atoms with van der Waals surface area (Å²) < 4.78 is 3.73. The third kappa shape index (κ3) is 8.79. The Morgan fingerprint density at radius 3 is 2.37 bits per heavy atom. The number of aromatic nitrogens is 2. The largest absolute Gasteiger partial charge is 0.329 e. The van der Waals surface area contributed by atoms with E-state index in [1.165, 1.54) is 0 Å². The van der Waals surface area contributed by atoms with Crippen LogP contribution in [0.25, 0.3) is 0 Å². The second kappa shape index (κ2) is 15.4. The highest BCUT2D eigenvalue weighted by molar-refractivity contribution is 7.99. The quantitative estimate of drug-likeness (QED) is 0.256. The summed E-state index contributed by atoms with van der Waals surface area (Å²) in [5.74, 6) is 0.649. The van der Waals surface area contributed by atoms with E-state index in [0.29, 0.717) is 28.8 Å². The van der Waals surface area contributed by atoms with E-state index in [9.17, 15) is 4.79 Å². The molecular weight excluding hydrogens is 435 g/mol. The highest BCUT2D eigenvalue weighted by Crippen LogP contribution is 2.28. The van der Waals surface area contributed by atoms with E-state index in [0.717, 1.165) is 16.3 Å². The van der Waals surface area contributed by atoms with Gasteiger partial charge in [-0.25, -0.2) is 4.79 Å². The lowest BCUT2D eigenvalue weighted by Gasteiger charge is -2.12. The number of hydrogen-bond donors (Lipinski definition) is 0. The molecule has 0 amide bonds. The smallest absolute Gasteiger partial charge is 0.295 e. The summed E-state index contributed by atoms with van der Waals surface area (Å²) in [7, 11) is 0. The van der Waals surface area contributed by atoms with Gasteiger partial charge in [0.25, 0.3) is 0 Å². The molecule has 0 radical (unpaired) electrons. The van der Waals surface area contributed by atoms with Crippen LogP contribution >= 0.6 is 35.0 Å². The van der Waals surface area contributed by atoms with Gasteiger partial charge in [0.1, 0.15) is 0 Å². The van der Waals surface area contributed by atoms with Crippen LogP contribution in [0.1, 0.15) is 60.2 Å². The minimum absolute atomic E-state index is 0.0278. The molecule has 0 saturated carbocycles. The zero-order valence-electron chi connectivity index (χ0n) is 19.3. The summed E-state index contributed by atoms with van der Waals surface area (Å²) in [6.07, 6.45) is 12.1. The van der Waals surface area contributed by atoms with Crippen molar-refractivity contribution in [3.8, 4) is 0 Å². The van der Waals surface area contributed by atoms with E-state index in [-0.39, 0.29) is 11.7 Å². The maximum absolute atomic E-state index is 13.0. The second-order valence-corrected chi connectivity index (χ2v) is 8.57. The van der Waals surface area contributed by atoms with Crippen LogP contribution in [0.3, 0.4) is 0 Å². The molecule has 0 aliphatic heterocycles. The molecule has 0 aliphatic rings. The Labute approximate surface area is 196 Å². The van der Waals surface area contributed by atoms with Crippen molar-refractivity contribution in [2.75, 3.05) is 5.75 Å². The first-order valence-electron chi connectivity index (χ1n) is 10.4. The maximum atomic E-state index is 13.0. The van der Waals surface area contributed by atoms with Crippen molar-refractivity contribution >= 4 is 35.0 Å². The molecule has 1 heterocycles. The molecule has 0 atom stereocenters. The Morgan fingerprint density at radius 2 is 1.90 bits per heavy atom. The van der Waals surface area contributed by atoms with Gasteiger partial charge in [-0.1, -0.05) is 74.0 Å². The van der Waals surface area contributed by atoms with Crippen molar-refractivity contribution in [2.45, 2.75) is 72.5 Å². The molecule has 1 aromatic rings. The van der Waals surface area contributed by atoms with Crippen LogP contribution in [0.2, 0.25) is 0 Å². The predicted octanol–water partition coefficient (Wildman–Crippen LogP) is 7.87. The monoisotopic (exact) mass is 470 g/mol. The zero-order valence-corrected chi connectivity index (χ0v) is 21.7. The highest BCUT2D eigenvalue weighted by Gasteiger charge is 2.21. The van der Waals surface area contributed by atoms with Crippen molar-refractivity contribution in [1.29, 1.82) is 0 Å². The Bertz CT molecular complexity index is 851. The normalized spacial score (nSPS) is 13.1. The van der Waals surface area contributed by atoms with Crippen LogP contribution < -0.4 is 5.69 Å². The number of rotatable bonds is 10. The molecule has 0 aliphatic carbocycles. The summed E-state index contributed by atoms with van der Waals surface area (Å²) in [6.45, 7) is 18.3. The Hall–Kier alpha value is -1.36. The van der Waals surface area contributed by atoms with Crippen LogP contribution in [0.5, 0.6) is 0 Å². The van der Waals surface area contributed by atoms with Crippen LogP contribution in [-0.2, 0) is 13.0 Å². The molecule has 1 rings (SSSR count). The predicted molar refractivity (Wildman–Crippen MR) is 137 cm³/mol. The number of imidazole rings is 1. The van der Waals surface area contributed by atoms with Crippen LogP contribution in [0.15, 0.2) is 68.5 Å². The summed E-state index contributed by atoms with van der Waals surface area (Å²) >= 11 is 13.7. The summed E-state index contributed by atoms with van der Waals surface area (Å²) in [4.78, 5) is 13.0. The second-order valence-electron chi connectivity index (χ2n) is 6.53. The molecule has 0 unspecified atom stereocenters. The van der Waals surface area contributed by atoms with Crippen molar-refractivity contribution in [3.63, 3.8) is 0 Å². The van der Waals surface area contributed by atoms with E-state index in [4.69, 9.17) is 23.2 Å². The topological polar surface area (TPSA) is 26.9 Å². The average molecular weight is 472 g/mol. The van der Waals surface area contributed by atoms with Crippen molar-refractivity contribution < 1.29 is 0 Å². The van der Waals surface area contributed by atoms with E-state index in [1.807, 2.05) is 68.9 Å². The number of hydrogen-bond acceptors (Lipinski definition) is 2. The number of nitrogens with zero attached hydrogens (tertiary/aromatic N) is 2. The van der Waals surface area contributed by atoms with Gasteiger partial charge in [-0.05, 0) is 46.3 Å². The van der Waals surface area contributed by atoms with Crippen molar-refractivity contribution in [3.05, 3.63) is 74.9 Å². The Kier molecular flexibility index (Phi) is 14.7. The fourth-order valence-corrected chi connectivity index (χ4v) is 4.58. The van der Waals surface area contributed by atoms with Gasteiger partial charge in [-0.2, -0.15) is 0 Å². The van der Waals surface area contributed by atoms with E-state index < -0.39 is 0 Å². The molecule has 0 aromatic carbocycles. The molecule has 1 aromatic heterocycles. The lowest BCUT2D eigenvalue weighted by molar-refractivity contribution is 0.528. The first kappa shape index (κ1) is 28.6. The molecule has 30 heavy (non-hydrogen) atoms. The van der Waals surface area contributed by atoms with Gasteiger partial charge in [0, 0.05) is 34.8 Å². The Morgan fingerprint density at radius 1 is 1.27 bits per heavy atom. The number of allylic oxidation sites excluding steroid dienone is 8. The lowest BCUT2D eigenvalue weighted by Crippen LogP contribution is -2.26. The van der Waals surface area contributed by atoms with Gasteiger partial charge in [0.2, 0.25) is 0 Å². The fourth-order valence-electron chi connectivity index (χ4n) is 2.87. The van der Waals surface area contributed by atoms with E-state index in [1.54, 1.807) is 30.8 Å². The van der Waals surface area contributed by atoms with Crippen LogP contribution in [-0.4, -0.2) is 14.9 Å². The van der Waals surface area contributed by atoms with Crippen molar-refractivity contribution in [1.82, 2.24) is 9.13 Å². The van der Waals surface area contributed by atoms with E-state index >= 15 is 0 Å².